The van der Waals surface area contributed by atoms with Crippen LogP contribution in [0, 0.1) is 6.57 Å². The van der Waals surface area contributed by atoms with E-state index < -0.39 is 17.7 Å². The third kappa shape index (κ3) is 4.63. The van der Waals surface area contributed by atoms with Gasteiger partial charge in [0, 0.05) is 56.2 Å². The van der Waals surface area contributed by atoms with Crippen molar-refractivity contribution in [2.45, 2.75) is 57.9 Å². The summed E-state index contributed by atoms with van der Waals surface area (Å²) in [5.41, 5.74) is 1.29. The summed E-state index contributed by atoms with van der Waals surface area (Å²) >= 11 is 0. The summed E-state index contributed by atoms with van der Waals surface area (Å²) in [4.78, 5) is 36.4. The monoisotopic (exact) mass is 500 g/mol. The number of fused-ring (bicyclic) bond motifs is 1. The van der Waals surface area contributed by atoms with Crippen molar-refractivity contribution in [3.8, 4) is 0 Å². The lowest BCUT2D eigenvalue weighted by atomic mass is 9.98. The van der Waals surface area contributed by atoms with E-state index in [1.54, 1.807) is 19.2 Å². The average Bonchev–Trinajstić information content (AvgIpc) is 2.88. The van der Waals surface area contributed by atoms with Crippen molar-refractivity contribution in [2.75, 3.05) is 18.0 Å². The average molecular weight is 501 g/mol. The Morgan fingerprint density at radius 2 is 1.78 bits per heavy atom. The number of hydrogen-bond donors (Lipinski definition) is 0. The van der Waals surface area contributed by atoms with E-state index in [0.717, 1.165) is 12.8 Å². The van der Waals surface area contributed by atoms with Gasteiger partial charge in [-0.1, -0.05) is 20.4 Å². The van der Waals surface area contributed by atoms with Crippen LogP contribution in [-0.4, -0.2) is 54.6 Å². The largest absolute Gasteiger partial charge is 0.451 e. The van der Waals surface area contributed by atoms with E-state index in [1.165, 1.54) is 17.0 Å². The molecule has 12 heteroatoms. The van der Waals surface area contributed by atoms with E-state index in [2.05, 4.69) is 34.6 Å². The van der Waals surface area contributed by atoms with Crippen molar-refractivity contribution in [1.29, 1.82) is 0 Å². The quantitative estimate of drug-likeness (QED) is 0.487. The van der Waals surface area contributed by atoms with Crippen LogP contribution in [0.25, 0.3) is 15.9 Å². The number of piperazine rings is 1. The van der Waals surface area contributed by atoms with Crippen LogP contribution in [0.4, 0.5) is 24.8 Å². The molecule has 1 unspecified atom stereocenters. The van der Waals surface area contributed by atoms with Crippen molar-refractivity contribution < 1.29 is 13.2 Å². The first kappa shape index (κ1) is 25.5. The number of nitrogens with zero attached hydrogens (tertiary/aromatic N) is 8. The Morgan fingerprint density at radius 1 is 1.11 bits per heavy atom. The fraction of sp³-hybridized carbons (Fsp3) is 0.500. The maximum atomic E-state index is 12.9. The van der Waals surface area contributed by atoms with Crippen molar-refractivity contribution in [3.63, 3.8) is 0 Å². The summed E-state index contributed by atoms with van der Waals surface area (Å²) in [6.07, 6.45) is -0.596. The molecule has 3 aromatic rings. The van der Waals surface area contributed by atoms with Crippen LogP contribution in [-0.2, 0) is 13.2 Å². The minimum atomic E-state index is -4.59. The smallest absolute Gasteiger partial charge is 0.361 e. The summed E-state index contributed by atoms with van der Waals surface area (Å²) in [7, 11) is 1.62. The van der Waals surface area contributed by atoms with Gasteiger partial charge in [-0.2, -0.15) is 18.2 Å². The van der Waals surface area contributed by atoms with Gasteiger partial charge in [-0.15, -0.1) is 4.98 Å². The lowest BCUT2D eigenvalue weighted by Crippen LogP contribution is -2.59. The first-order valence-corrected chi connectivity index (χ1v) is 11.8. The molecule has 0 N–H and O–H groups in total. The number of hydrogen-bond acceptors (Lipinski definition) is 7. The molecular weight excluding hydrogens is 473 g/mol. The standard InChI is InChI=1S/C24H27F3N8O/c1-6-16-13-35(21-20-18(33(5)23(36)32-21)8-9-19(28-4)31-20)17(7-2)12-34(16)14(3)15-10-29-22(30-11-15)24(25,26)27/h8-11,14,16-17H,6-7,12-13H2,1-3,5H3/t14?,16-,17+/m1/s1. The molecule has 0 aliphatic carbocycles. The van der Waals surface area contributed by atoms with Crippen LogP contribution in [0.2, 0.25) is 0 Å². The van der Waals surface area contributed by atoms with E-state index >= 15 is 0 Å². The van der Waals surface area contributed by atoms with Gasteiger partial charge in [0.1, 0.15) is 0 Å². The molecule has 1 aliphatic rings. The van der Waals surface area contributed by atoms with Crippen molar-refractivity contribution in [2.24, 2.45) is 7.05 Å². The molecule has 1 fully saturated rings. The van der Waals surface area contributed by atoms with E-state index in [-0.39, 0.29) is 23.9 Å². The normalized spacial score (nSPS) is 19.9. The Bertz CT molecular complexity index is 1350. The van der Waals surface area contributed by atoms with E-state index in [4.69, 9.17) is 6.57 Å². The number of halogens is 3. The third-order valence-corrected chi connectivity index (χ3v) is 6.89. The fourth-order valence-corrected chi connectivity index (χ4v) is 4.77. The van der Waals surface area contributed by atoms with Gasteiger partial charge in [-0.05, 0) is 31.9 Å². The maximum Gasteiger partial charge on any atom is 0.451 e. The lowest BCUT2D eigenvalue weighted by Gasteiger charge is -2.48. The van der Waals surface area contributed by atoms with Gasteiger partial charge in [0.05, 0.1) is 5.52 Å². The molecule has 9 nitrogen and oxygen atoms in total. The summed E-state index contributed by atoms with van der Waals surface area (Å²) in [6, 6.07) is 3.07. The summed E-state index contributed by atoms with van der Waals surface area (Å²) < 4.78 is 40.2. The van der Waals surface area contributed by atoms with Gasteiger partial charge >= 0.3 is 11.9 Å². The third-order valence-electron chi connectivity index (χ3n) is 6.89. The maximum absolute atomic E-state index is 12.9. The molecule has 1 aliphatic heterocycles. The SMILES string of the molecule is [C-]#[N+]c1ccc2c(n1)c(N1C[C@@H](CC)N(C(C)c3cnc(C(F)(F)F)nc3)C[C@@H]1CC)nc(=O)n2C. The highest BCUT2D eigenvalue weighted by atomic mass is 19.4. The molecule has 0 spiro atoms. The van der Waals surface area contributed by atoms with E-state index in [0.29, 0.717) is 35.5 Å². The second kappa shape index (κ2) is 9.81. The van der Waals surface area contributed by atoms with Gasteiger partial charge in [0.25, 0.3) is 5.82 Å². The van der Waals surface area contributed by atoms with Crippen LogP contribution in [0.1, 0.15) is 51.0 Å². The number of anilines is 1. The molecule has 0 aromatic carbocycles. The van der Waals surface area contributed by atoms with Gasteiger partial charge in [-0.25, -0.2) is 14.8 Å². The van der Waals surface area contributed by atoms with E-state index in [1.807, 2.05) is 20.8 Å². The highest BCUT2D eigenvalue weighted by Gasteiger charge is 2.38. The lowest BCUT2D eigenvalue weighted by molar-refractivity contribution is -0.145. The Hall–Kier alpha value is -3.59. The summed E-state index contributed by atoms with van der Waals surface area (Å²) in [5, 5.41) is 0. The van der Waals surface area contributed by atoms with Gasteiger partial charge < -0.3 is 9.74 Å². The van der Waals surface area contributed by atoms with Crippen LogP contribution in [0.5, 0.6) is 0 Å². The second-order valence-corrected chi connectivity index (χ2v) is 8.91. The van der Waals surface area contributed by atoms with Crippen LogP contribution in [0.3, 0.4) is 0 Å². The minimum Gasteiger partial charge on any atom is -0.361 e. The zero-order valence-corrected chi connectivity index (χ0v) is 20.5. The second-order valence-electron chi connectivity index (χ2n) is 8.91. The first-order valence-electron chi connectivity index (χ1n) is 11.8. The molecule has 0 bridgehead atoms. The van der Waals surface area contributed by atoms with Crippen LogP contribution >= 0.6 is 0 Å². The number of pyridine rings is 1. The molecular formula is C24H27F3N8O. The molecule has 4 heterocycles. The Kier molecular flexibility index (Phi) is 6.95. The van der Waals surface area contributed by atoms with Gasteiger partial charge in [0.2, 0.25) is 11.3 Å². The molecule has 3 aromatic heterocycles. The molecule has 36 heavy (non-hydrogen) atoms. The molecule has 0 radical (unpaired) electrons. The number of alkyl halides is 3. The topological polar surface area (TPSA) is 84.4 Å². The van der Waals surface area contributed by atoms with Crippen LogP contribution < -0.4 is 10.6 Å². The molecule has 1 saturated heterocycles. The predicted molar refractivity (Wildman–Crippen MR) is 129 cm³/mol. The Balaban J connectivity index is 1.70. The van der Waals surface area contributed by atoms with Crippen molar-refractivity contribution in [1.82, 2.24) is 29.4 Å². The number of rotatable bonds is 5. The summed E-state index contributed by atoms with van der Waals surface area (Å²) in [6.45, 7) is 14.5. The van der Waals surface area contributed by atoms with Crippen molar-refractivity contribution >= 4 is 22.7 Å². The number of aryl methyl sites for hydroxylation is 1. The highest BCUT2D eigenvalue weighted by Crippen LogP contribution is 2.34. The summed E-state index contributed by atoms with van der Waals surface area (Å²) in [5.74, 6) is -0.482. The molecule has 4 rings (SSSR count). The molecule has 3 atom stereocenters. The molecule has 190 valence electrons. The molecule has 0 saturated carbocycles. The minimum absolute atomic E-state index is 0.0232. The first-order chi connectivity index (χ1) is 17.1. The predicted octanol–water partition coefficient (Wildman–Crippen LogP) is 4.13. The van der Waals surface area contributed by atoms with Crippen molar-refractivity contribution in [3.05, 3.63) is 57.8 Å². The zero-order valence-electron chi connectivity index (χ0n) is 20.5. The fourth-order valence-electron chi connectivity index (χ4n) is 4.77. The Labute approximate surface area is 206 Å². The van der Waals surface area contributed by atoms with Gasteiger partial charge in [0.15, 0.2) is 5.82 Å². The Morgan fingerprint density at radius 3 is 2.36 bits per heavy atom. The van der Waals surface area contributed by atoms with Gasteiger partial charge in [-0.3, -0.25) is 9.47 Å². The zero-order chi connectivity index (χ0) is 26.2. The molecule has 0 amide bonds. The van der Waals surface area contributed by atoms with Crippen LogP contribution in [0.15, 0.2) is 29.3 Å². The highest BCUT2D eigenvalue weighted by molar-refractivity contribution is 5.87. The number of aromatic nitrogens is 5. The van der Waals surface area contributed by atoms with E-state index in [9.17, 15) is 18.0 Å².